The Hall–Kier alpha value is -0.0800. The molecule has 0 aliphatic carbocycles. The van der Waals surface area contributed by atoms with Crippen molar-refractivity contribution in [3.63, 3.8) is 0 Å². The highest BCUT2D eigenvalue weighted by Crippen LogP contribution is 2.11. The molecule has 0 aromatic carbocycles. The van der Waals surface area contributed by atoms with E-state index in [9.17, 15) is 0 Å². The largest absolute Gasteiger partial charge is 0.380 e. The summed E-state index contributed by atoms with van der Waals surface area (Å²) in [7, 11) is 0. The van der Waals surface area contributed by atoms with Crippen molar-refractivity contribution in [2.75, 3.05) is 19.8 Å². The Morgan fingerprint density at radius 1 is 1.29 bits per heavy atom. The fourth-order valence-corrected chi connectivity index (χ4v) is 1.65. The summed E-state index contributed by atoms with van der Waals surface area (Å²) in [5, 5.41) is 3.50. The van der Waals surface area contributed by atoms with E-state index in [-0.39, 0.29) is 0 Å². The third-order valence-electron chi connectivity index (χ3n) is 3.25. The lowest BCUT2D eigenvalue weighted by atomic mass is 9.99. The van der Waals surface area contributed by atoms with Gasteiger partial charge in [-0.1, -0.05) is 27.2 Å². The summed E-state index contributed by atoms with van der Waals surface area (Å²) in [6.45, 7) is 9.76. The summed E-state index contributed by atoms with van der Waals surface area (Å²) in [6, 6.07) is 0.614. The van der Waals surface area contributed by atoms with E-state index >= 15 is 0 Å². The van der Waals surface area contributed by atoms with Crippen LogP contribution in [0.3, 0.4) is 0 Å². The van der Waals surface area contributed by atoms with Gasteiger partial charge in [0.25, 0.3) is 0 Å². The molecule has 1 saturated heterocycles. The lowest BCUT2D eigenvalue weighted by molar-refractivity contribution is 0.0677. The second-order valence-electron chi connectivity index (χ2n) is 4.91. The summed E-state index contributed by atoms with van der Waals surface area (Å²) in [5.41, 5.74) is 0. The quantitative estimate of drug-likeness (QED) is 0.734. The van der Waals surface area contributed by atoms with E-state index in [1.54, 1.807) is 0 Å². The van der Waals surface area contributed by atoms with Crippen molar-refractivity contribution in [3.8, 4) is 0 Å². The van der Waals surface area contributed by atoms with Crippen molar-refractivity contribution in [2.24, 2.45) is 11.8 Å². The molecule has 2 unspecified atom stereocenters. The van der Waals surface area contributed by atoms with Gasteiger partial charge in [-0.3, -0.25) is 0 Å². The van der Waals surface area contributed by atoms with E-state index in [1.165, 1.54) is 25.8 Å². The van der Waals surface area contributed by atoms with Crippen molar-refractivity contribution in [1.29, 1.82) is 0 Å². The first-order valence-corrected chi connectivity index (χ1v) is 6.01. The fourth-order valence-electron chi connectivity index (χ4n) is 1.65. The Labute approximate surface area is 88.4 Å². The van der Waals surface area contributed by atoms with Crippen LogP contribution in [0.5, 0.6) is 0 Å². The minimum Gasteiger partial charge on any atom is -0.380 e. The monoisotopic (exact) mass is 199 g/mol. The smallest absolute Gasteiger partial charge is 0.0619 e. The number of ether oxygens (including phenoxy) is 1. The van der Waals surface area contributed by atoms with Crippen LogP contribution >= 0.6 is 0 Å². The molecular formula is C12H25NO. The Balaban J connectivity index is 2.02. The van der Waals surface area contributed by atoms with Crippen molar-refractivity contribution in [3.05, 3.63) is 0 Å². The summed E-state index contributed by atoms with van der Waals surface area (Å²) >= 11 is 0. The molecule has 0 amide bonds. The average molecular weight is 199 g/mol. The van der Waals surface area contributed by atoms with Crippen molar-refractivity contribution in [1.82, 2.24) is 5.32 Å². The third-order valence-corrected chi connectivity index (χ3v) is 3.25. The molecule has 2 heteroatoms. The molecule has 2 nitrogen and oxygen atoms in total. The van der Waals surface area contributed by atoms with Crippen molar-refractivity contribution < 1.29 is 4.74 Å². The first kappa shape index (κ1) is 12.0. The molecule has 1 N–H and O–H groups in total. The molecule has 0 aromatic rings. The van der Waals surface area contributed by atoms with Crippen molar-refractivity contribution >= 4 is 0 Å². The van der Waals surface area contributed by atoms with E-state index in [0.29, 0.717) is 12.0 Å². The van der Waals surface area contributed by atoms with Gasteiger partial charge in [0.1, 0.15) is 0 Å². The first-order valence-electron chi connectivity index (χ1n) is 6.01. The maximum atomic E-state index is 5.73. The van der Waals surface area contributed by atoms with E-state index < -0.39 is 0 Å². The van der Waals surface area contributed by atoms with Crippen LogP contribution in [0.1, 0.15) is 40.0 Å². The van der Waals surface area contributed by atoms with E-state index in [0.717, 1.165) is 19.1 Å². The normalized spacial score (nSPS) is 25.3. The Kier molecular flexibility index (Phi) is 5.49. The number of hydrogen-bond donors (Lipinski definition) is 1. The van der Waals surface area contributed by atoms with E-state index in [2.05, 4.69) is 26.1 Å². The van der Waals surface area contributed by atoms with Gasteiger partial charge >= 0.3 is 0 Å². The number of rotatable bonds is 5. The van der Waals surface area contributed by atoms with Gasteiger partial charge in [0.2, 0.25) is 0 Å². The van der Waals surface area contributed by atoms with Crippen LogP contribution in [0.2, 0.25) is 0 Å². The lowest BCUT2D eigenvalue weighted by Crippen LogP contribution is -2.38. The van der Waals surface area contributed by atoms with Gasteiger partial charge in [0.15, 0.2) is 0 Å². The first-order chi connectivity index (χ1) is 6.70. The van der Waals surface area contributed by atoms with Gasteiger partial charge < -0.3 is 10.1 Å². The number of nitrogens with one attached hydrogen (secondary N) is 1. The molecule has 84 valence electrons. The van der Waals surface area contributed by atoms with E-state index in [4.69, 9.17) is 4.74 Å². The van der Waals surface area contributed by atoms with Crippen LogP contribution in [0.4, 0.5) is 0 Å². The van der Waals surface area contributed by atoms with E-state index in [1.807, 2.05) is 0 Å². The molecule has 1 aliphatic heterocycles. The Morgan fingerprint density at radius 2 is 2.07 bits per heavy atom. The third kappa shape index (κ3) is 4.43. The second-order valence-corrected chi connectivity index (χ2v) is 4.91. The highest BCUT2D eigenvalue weighted by Gasteiger charge is 2.13. The average Bonchev–Trinajstić information content (AvgIpc) is 2.19. The van der Waals surface area contributed by atoms with Crippen LogP contribution in [-0.4, -0.2) is 25.8 Å². The SMILES string of the molecule is CC(C)C(C)COCC1CCCCN1. The standard InChI is InChI=1S/C12H25NO/c1-10(2)11(3)8-14-9-12-6-4-5-7-13-12/h10-13H,4-9H2,1-3H3. The van der Waals surface area contributed by atoms with Gasteiger partial charge in [-0.2, -0.15) is 0 Å². The molecule has 2 atom stereocenters. The zero-order valence-corrected chi connectivity index (χ0v) is 9.88. The predicted molar refractivity (Wildman–Crippen MR) is 60.5 cm³/mol. The minimum absolute atomic E-state index is 0.614. The second kappa shape index (κ2) is 6.41. The van der Waals surface area contributed by atoms with Gasteiger partial charge in [0.05, 0.1) is 6.61 Å². The molecule has 0 aromatic heterocycles. The Bertz CT molecular complexity index is 141. The predicted octanol–water partition coefficient (Wildman–Crippen LogP) is 2.44. The highest BCUT2D eigenvalue weighted by atomic mass is 16.5. The summed E-state index contributed by atoms with van der Waals surface area (Å²) in [5.74, 6) is 1.41. The van der Waals surface area contributed by atoms with Gasteiger partial charge in [0, 0.05) is 12.6 Å². The summed E-state index contributed by atoms with van der Waals surface area (Å²) in [6.07, 6.45) is 3.98. The van der Waals surface area contributed by atoms with Crippen LogP contribution < -0.4 is 5.32 Å². The van der Waals surface area contributed by atoms with Gasteiger partial charge in [-0.05, 0) is 31.2 Å². The van der Waals surface area contributed by atoms with Crippen LogP contribution in [0.25, 0.3) is 0 Å². The molecule has 1 fully saturated rings. The summed E-state index contributed by atoms with van der Waals surface area (Å²) in [4.78, 5) is 0. The van der Waals surface area contributed by atoms with Crippen LogP contribution in [0, 0.1) is 11.8 Å². The highest BCUT2D eigenvalue weighted by molar-refractivity contribution is 4.71. The molecule has 0 saturated carbocycles. The number of hydrogen-bond acceptors (Lipinski definition) is 2. The molecule has 1 rings (SSSR count). The molecule has 1 aliphatic rings. The molecule has 0 radical (unpaired) electrons. The molecule has 0 spiro atoms. The lowest BCUT2D eigenvalue weighted by Gasteiger charge is -2.24. The van der Waals surface area contributed by atoms with Gasteiger partial charge in [-0.15, -0.1) is 0 Å². The minimum atomic E-state index is 0.614. The molecule has 14 heavy (non-hydrogen) atoms. The summed E-state index contributed by atoms with van der Waals surface area (Å²) < 4.78 is 5.73. The topological polar surface area (TPSA) is 21.3 Å². The maximum absolute atomic E-state index is 5.73. The van der Waals surface area contributed by atoms with Gasteiger partial charge in [-0.25, -0.2) is 0 Å². The molecule has 0 bridgehead atoms. The van der Waals surface area contributed by atoms with Crippen LogP contribution in [-0.2, 0) is 4.74 Å². The zero-order chi connectivity index (χ0) is 10.4. The molecule has 1 heterocycles. The van der Waals surface area contributed by atoms with Crippen LogP contribution in [0.15, 0.2) is 0 Å². The Morgan fingerprint density at radius 3 is 2.64 bits per heavy atom. The zero-order valence-electron chi connectivity index (χ0n) is 9.88. The number of piperidine rings is 1. The maximum Gasteiger partial charge on any atom is 0.0619 e. The van der Waals surface area contributed by atoms with Crippen molar-refractivity contribution in [2.45, 2.75) is 46.1 Å². The molecular weight excluding hydrogens is 174 g/mol. The fraction of sp³-hybridized carbons (Fsp3) is 1.00.